The molecule has 0 saturated carbocycles. The fraction of sp³-hybridized carbons (Fsp3) is 0.385. The third kappa shape index (κ3) is 2.16. The standard InChI is InChI=1S/C13H16N2O2/c1-13(2)7-11(16)15(12(13)17)8-9-4-3-5-10(14)6-9/h3-6H,7-8,14H2,1-2H3. The molecule has 2 N–H and O–H groups in total. The molecule has 1 fully saturated rings. The molecule has 1 saturated heterocycles. The van der Waals surface area contributed by atoms with Crippen LogP contribution in [0.4, 0.5) is 5.69 Å². The monoisotopic (exact) mass is 232 g/mol. The first-order chi connectivity index (χ1) is 7.90. The molecule has 4 nitrogen and oxygen atoms in total. The number of anilines is 1. The van der Waals surface area contributed by atoms with Crippen molar-refractivity contribution in [2.75, 3.05) is 5.73 Å². The fourth-order valence-corrected chi connectivity index (χ4v) is 2.06. The highest BCUT2D eigenvalue weighted by Gasteiger charge is 2.44. The van der Waals surface area contributed by atoms with Crippen molar-refractivity contribution >= 4 is 17.5 Å². The van der Waals surface area contributed by atoms with Gasteiger partial charge in [-0.2, -0.15) is 0 Å². The Bertz CT molecular complexity index is 480. The van der Waals surface area contributed by atoms with Crippen LogP contribution in [0.2, 0.25) is 0 Å². The minimum Gasteiger partial charge on any atom is -0.399 e. The molecule has 0 aromatic heterocycles. The van der Waals surface area contributed by atoms with Gasteiger partial charge in [-0.3, -0.25) is 14.5 Å². The van der Waals surface area contributed by atoms with Crippen molar-refractivity contribution in [2.45, 2.75) is 26.8 Å². The second kappa shape index (κ2) is 3.87. The SMILES string of the molecule is CC1(C)CC(=O)N(Cc2cccc(N)c2)C1=O. The van der Waals surface area contributed by atoms with Gasteiger partial charge in [-0.1, -0.05) is 26.0 Å². The van der Waals surface area contributed by atoms with Crippen LogP contribution in [0.3, 0.4) is 0 Å². The molecule has 1 aromatic rings. The maximum Gasteiger partial charge on any atom is 0.235 e. The first-order valence-corrected chi connectivity index (χ1v) is 5.59. The first-order valence-electron chi connectivity index (χ1n) is 5.59. The normalized spacial score (nSPS) is 18.8. The molecule has 2 amide bonds. The highest BCUT2D eigenvalue weighted by atomic mass is 16.2. The third-order valence-corrected chi connectivity index (χ3v) is 3.01. The van der Waals surface area contributed by atoms with E-state index in [9.17, 15) is 9.59 Å². The van der Waals surface area contributed by atoms with Crippen LogP contribution in [-0.2, 0) is 16.1 Å². The van der Waals surface area contributed by atoms with Crippen molar-refractivity contribution in [1.82, 2.24) is 4.90 Å². The zero-order valence-corrected chi connectivity index (χ0v) is 10.1. The van der Waals surface area contributed by atoms with Gasteiger partial charge in [0, 0.05) is 12.1 Å². The summed E-state index contributed by atoms with van der Waals surface area (Å²) in [7, 11) is 0. The number of nitrogen functional groups attached to an aromatic ring is 1. The summed E-state index contributed by atoms with van der Waals surface area (Å²) in [4.78, 5) is 25.1. The molecule has 17 heavy (non-hydrogen) atoms. The number of benzene rings is 1. The lowest BCUT2D eigenvalue weighted by atomic mass is 9.92. The lowest BCUT2D eigenvalue weighted by Gasteiger charge is -2.17. The number of rotatable bonds is 2. The summed E-state index contributed by atoms with van der Waals surface area (Å²) in [6.07, 6.45) is 0.286. The molecule has 0 unspecified atom stereocenters. The van der Waals surface area contributed by atoms with E-state index in [1.807, 2.05) is 12.1 Å². The van der Waals surface area contributed by atoms with Crippen molar-refractivity contribution in [1.29, 1.82) is 0 Å². The number of carbonyl (C=O) groups excluding carboxylic acids is 2. The molecule has 1 aliphatic heterocycles. The molecule has 4 heteroatoms. The van der Waals surface area contributed by atoms with Gasteiger partial charge in [-0.05, 0) is 17.7 Å². The van der Waals surface area contributed by atoms with Crippen molar-refractivity contribution in [2.24, 2.45) is 5.41 Å². The van der Waals surface area contributed by atoms with Crippen molar-refractivity contribution < 1.29 is 9.59 Å². The Morgan fingerprint density at radius 3 is 2.59 bits per heavy atom. The van der Waals surface area contributed by atoms with Gasteiger partial charge >= 0.3 is 0 Å². The minimum atomic E-state index is -0.572. The molecule has 0 atom stereocenters. The maximum absolute atomic E-state index is 12.0. The van der Waals surface area contributed by atoms with Gasteiger partial charge in [0.15, 0.2) is 0 Å². The van der Waals surface area contributed by atoms with Crippen LogP contribution >= 0.6 is 0 Å². The topological polar surface area (TPSA) is 63.4 Å². The van der Waals surface area contributed by atoms with E-state index in [1.165, 1.54) is 4.90 Å². The molecule has 0 spiro atoms. The van der Waals surface area contributed by atoms with E-state index < -0.39 is 5.41 Å². The van der Waals surface area contributed by atoms with E-state index in [-0.39, 0.29) is 18.2 Å². The van der Waals surface area contributed by atoms with Crippen molar-refractivity contribution in [3.05, 3.63) is 29.8 Å². The predicted octanol–water partition coefficient (Wildman–Crippen LogP) is 1.55. The lowest BCUT2D eigenvalue weighted by molar-refractivity contribution is -0.141. The smallest absolute Gasteiger partial charge is 0.235 e. The summed E-state index contributed by atoms with van der Waals surface area (Å²) in [5, 5.41) is 0. The summed E-state index contributed by atoms with van der Waals surface area (Å²) in [6, 6.07) is 7.25. The summed E-state index contributed by atoms with van der Waals surface area (Å²) < 4.78 is 0. The Labute approximate surface area is 100 Å². The molecule has 1 heterocycles. The van der Waals surface area contributed by atoms with Crippen LogP contribution in [0.15, 0.2) is 24.3 Å². The van der Waals surface area contributed by atoms with E-state index in [1.54, 1.807) is 26.0 Å². The Morgan fingerprint density at radius 2 is 2.06 bits per heavy atom. The van der Waals surface area contributed by atoms with Crippen LogP contribution in [0.25, 0.3) is 0 Å². The molecule has 0 radical (unpaired) electrons. The number of carbonyl (C=O) groups is 2. The first kappa shape index (κ1) is 11.6. The highest BCUT2D eigenvalue weighted by Crippen LogP contribution is 2.32. The number of likely N-dealkylation sites (tertiary alicyclic amines) is 1. The summed E-state index contributed by atoms with van der Waals surface area (Å²) in [5.74, 6) is -0.215. The zero-order chi connectivity index (χ0) is 12.6. The molecule has 1 aliphatic rings. The van der Waals surface area contributed by atoms with Gasteiger partial charge in [-0.25, -0.2) is 0 Å². The summed E-state index contributed by atoms with van der Waals surface area (Å²) >= 11 is 0. The Morgan fingerprint density at radius 1 is 1.35 bits per heavy atom. The number of nitrogens with two attached hydrogens (primary N) is 1. The summed E-state index contributed by atoms with van der Waals surface area (Å²) in [6.45, 7) is 3.91. The number of amides is 2. The zero-order valence-electron chi connectivity index (χ0n) is 10.1. The van der Waals surface area contributed by atoms with E-state index in [2.05, 4.69) is 0 Å². The van der Waals surface area contributed by atoms with Crippen LogP contribution in [-0.4, -0.2) is 16.7 Å². The molecular weight excluding hydrogens is 216 g/mol. The minimum absolute atomic E-state index is 0.107. The van der Waals surface area contributed by atoms with Gasteiger partial charge in [0.1, 0.15) is 0 Å². The molecule has 90 valence electrons. The van der Waals surface area contributed by atoms with Crippen LogP contribution in [0, 0.1) is 5.41 Å². The number of hydrogen-bond donors (Lipinski definition) is 1. The van der Waals surface area contributed by atoms with Gasteiger partial charge < -0.3 is 5.73 Å². The van der Waals surface area contributed by atoms with Crippen LogP contribution < -0.4 is 5.73 Å². The number of hydrogen-bond acceptors (Lipinski definition) is 3. The molecule has 1 aromatic carbocycles. The molecule has 0 bridgehead atoms. The van der Waals surface area contributed by atoms with E-state index >= 15 is 0 Å². The van der Waals surface area contributed by atoms with Gasteiger partial charge in [0.2, 0.25) is 11.8 Å². The molecule has 0 aliphatic carbocycles. The predicted molar refractivity (Wildman–Crippen MR) is 64.8 cm³/mol. The largest absolute Gasteiger partial charge is 0.399 e. The Hall–Kier alpha value is -1.84. The quantitative estimate of drug-likeness (QED) is 0.621. The van der Waals surface area contributed by atoms with Gasteiger partial charge in [-0.15, -0.1) is 0 Å². The van der Waals surface area contributed by atoms with E-state index in [0.717, 1.165) is 5.56 Å². The average Bonchev–Trinajstić information content (AvgIpc) is 2.41. The lowest BCUT2D eigenvalue weighted by Crippen LogP contribution is -2.32. The average molecular weight is 232 g/mol. The molecule has 2 rings (SSSR count). The van der Waals surface area contributed by atoms with Crippen LogP contribution in [0.5, 0.6) is 0 Å². The maximum atomic E-state index is 12.0. The Balaban J connectivity index is 2.20. The van der Waals surface area contributed by atoms with Crippen LogP contribution in [0.1, 0.15) is 25.8 Å². The highest BCUT2D eigenvalue weighted by molar-refractivity contribution is 6.05. The second-order valence-electron chi connectivity index (χ2n) is 5.09. The molecular formula is C13H16N2O2. The van der Waals surface area contributed by atoms with E-state index in [0.29, 0.717) is 12.2 Å². The second-order valence-corrected chi connectivity index (χ2v) is 5.09. The fourth-order valence-electron chi connectivity index (χ4n) is 2.06. The van der Waals surface area contributed by atoms with E-state index in [4.69, 9.17) is 5.73 Å². The van der Waals surface area contributed by atoms with Gasteiger partial charge in [0.25, 0.3) is 0 Å². The third-order valence-electron chi connectivity index (χ3n) is 3.01. The van der Waals surface area contributed by atoms with Crippen molar-refractivity contribution in [3.63, 3.8) is 0 Å². The number of nitrogens with zero attached hydrogens (tertiary/aromatic N) is 1. The van der Waals surface area contributed by atoms with Crippen molar-refractivity contribution in [3.8, 4) is 0 Å². The Kier molecular flexibility index (Phi) is 2.65. The summed E-state index contributed by atoms with van der Waals surface area (Å²) in [5.41, 5.74) is 6.61. The number of imide groups is 1. The van der Waals surface area contributed by atoms with Gasteiger partial charge in [0.05, 0.1) is 12.0 Å².